The molecule has 0 aromatic heterocycles. The van der Waals surface area contributed by atoms with Crippen molar-refractivity contribution in [3.8, 4) is 0 Å². The highest BCUT2D eigenvalue weighted by Gasteiger charge is 2.24. The Bertz CT molecular complexity index is 395. The summed E-state index contributed by atoms with van der Waals surface area (Å²) in [4.78, 5) is 27.3. The van der Waals surface area contributed by atoms with Crippen molar-refractivity contribution in [2.45, 2.75) is 52.1 Å². The maximum Gasteiger partial charge on any atom is 0.317 e. The van der Waals surface area contributed by atoms with Crippen molar-refractivity contribution in [2.75, 3.05) is 39.3 Å². The number of rotatable bonds is 5. The molecule has 6 nitrogen and oxygen atoms in total. The van der Waals surface area contributed by atoms with E-state index in [0.717, 1.165) is 6.42 Å². The van der Waals surface area contributed by atoms with Gasteiger partial charge in [0.15, 0.2) is 0 Å². The zero-order valence-electron chi connectivity index (χ0n) is 14.6. The molecule has 0 aromatic carbocycles. The number of piperazine rings is 1. The molecule has 3 amide bonds. The van der Waals surface area contributed by atoms with Crippen LogP contribution in [0.4, 0.5) is 4.79 Å². The molecule has 132 valence electrons. The van der Waals surface area contributed by atoms with Gasteiger partial charge in [0, 0.05) is 39.1 Å². The van der Waals surface area contributed by atoms with Gasteiger partial charge in [-0.3, -0.25) is 4.79 Å². The van der Waals surface area contributed by atoms with Crippen LogP contribution in [-0.4, -0.2) is 67.2 Å². The highest BCUT2D eigenvalue weighted by molar-refractivity contribution is 5.77. The van der Waals surface area contributed by atoms with Gasteiger partial charge in [-0.1, -0.05) is 26.7 Å². The summed E-state index contributed by atoms with van der Waals surface area (Å²) >= 11 is 0. The Balaban J connectivity index is 1.59. The quantitative estimate of drug-likeness (QED) is 0.785. The Kier molecular flexibility index (Phi) is 7.15. The van der Waals surface area contributed by atoms with E-state index >= 15 is 0 Å². The van der Waals surface area contributed by atoms with Crippen molar-refractivity contribution < 1.29 is 14.3 Å². The summed E-state index contributed by atoms with van der Waals surface area (Å²) in [5, 5.41) is 2.92. The first-order chi connectivity index (χ1) is 11.1. The van der Waals surface area contributed by atoms with Crippen molar-refractivity contribution in [1.29, 1.82) is 0 Å². The Morgan fingerprint density at radius 3 is 2.39 bits per heavy atom. The maximum atomic E-state index is 12.1. The van der Waals surface area contributed by atoms with Crippen LogP contribution in [0.3, 0.4) is 0 Å². The lowest BCUT2D eigenvalue weighted by Gasteiger charge is -2.34. The molecule has 0 radical (unpaired) electrons. The van der Waals surface area contributed by atoms with Gasteiger partial charge in [0.2, 0.25) is 5.91 Å². The fourth-order valence-electron chi connectivity index (χ4n) is 3.39. The van der Waals surface area contributed by atoms with Crippen LogP contribution in [0, 0.1) is 5.92 Å². The Morgan fingerprint density at radius 1 is 1.09 bits per heavy atom. The van der Waals surface area contributed by atoms with Gasteiger partial charge in [0.05, 0.1) is 12.7 Å². The second-order valence-corrected chi connectivity index (χ2v) is 6.62. The minimum Gasteiger partial charge on any atom is -0.376 e. The second-order valence-electron chi connectivity index (χ2n) is 6.62. The molecule has 2 atom stereocenters. The van der Waals surface area contributed by atoms with Crippen LogP contribution in [0.25, 0.3) is 0 Å². The van der Waals surface area contributed by atoms with Gasteiger partial charge >= 0.3 is 6.03 Å². The normalized spacial score (nSPS) is 25.3. The van der Waals surface area contributed by atoms with E-state index in [1.807, 2.05) is 11.8 Å². The van der Waals surface area contributed by atoms with Crippen LogP contribution in [0.1, 0.15) is 46.0 Å². The lowest BCUT2D eigenvalue weighted by atomic mass is 9.88. The van der Waals surface area contributed by atoms with Gasteiger partial charge in [-0.05, 0) is 18.8 Å². The Morgan fingerprint density at radius 2 is 1.74 bits per heavy atom. The van der Waals surface area contributed by atoms with Gasteiger partial charge in [-0.2, -0.15) is 0 Å². The van der Waals surface area contributed by atoms with E-state index in [1.165, 1.54) is 19.3 Å². The third-order valence-corrected chi connectivity index (χ3v) is 4.97. The molecule has 1 saturated heterocycles. The molecule has 23 heavy (non-hydrogen) atoms. The van der Waals surface area contributed by atoms with Crippen LogP contribution < -0.4 is 5.32 Å². The fraction of sp³-hybridized carbons (Fsp3) is 0.882. The molecule has 1 aliphatic carbocycles. The maximum absolute atomic E-state index is 12.1. The number of urea groups is 1. The molecule has 0 spiro atoms. The van der Waals surface area contributed by atoms with Gasteiger partial charge in [-0.25, -0.2) is 4.79 Å². The number of carbonyl (C=O) groups excluding carboxylic acids is 2. The number of nitrogens with zero attached hydrogens (tertiary/aromatic N) is 2. The van der Waals surface area contributed by atoms with E-state index in [-0.39, 0.29) is 11.9 Å². The molecule has 0 unspecified atom stereocenters. The summed E-state index contributed by atoms with van der Waals surface area (Å²) in [5.74, 6) is 0.795. The van der Waals surface area contributed by atoms with E-state index in [1.54, 1.807) is 4.90 Å². The van der Waals surface area contributed by atoms with E-state index in [2.05, 4.69) is 12.2 Å². The lowest BCUT2D eigenvalue weighted by molar-refractivity contribution is -0.132. The van der Waals surface area contributed by atoms with Crippen LogP contribution in [0.15, 0.2) is 0 Å². The van der Waals surface area contributed by atoms with Crippen LogP contribution in [-0.2, 0) is 9.53 Å². The summed E-state index contributed by atoms with van der Waals surface area (Å²) < 4.78 is 5.91. The van der Waals surface area contributed by atoms with Gasteiger partial charge < -0.3 is 19.9 Å². The first kappa shape index (κ1) is 18.0. The molecule has 0 aromatic rings. The zero-order valence-corrected chi connectivity index (χ0v) is 14.6. The number of ether oxygens (including phenoxy) is 1. The molecule has 6 heteroatoms. The van der Waals surface area contributed by atoms with E-state index < -0.39 is 0 Å². The molecule has 1 N–H and O–H groups in total. The van der Waals surface area contributed by atoms with Gasteiger partial charge in [0.1, 0.15) is 0 Å². The first-order valence-electron chi connectivity index (χ1n) is 9.04. The monoisotopic (exact) mass is 325 g/mol. The van der Waals surface area contributed by atoms with Crippen molar-refractivity contribution in [3.63, 3.8) is 0 Å². The average molecular weight is 325 g/mol. The first-order valence-corrected chi connectivity index (χ1v) is 9.04. The number of carbonyl (C=O) groups is 2. The molecular weight excluding hydrogens is 294 g/mol. The fourth-order valence-corrected chi connectivity index (χ4v) is 3.39. The largest absolute Gasteiger partial charge is 0.376 e. The molecule has 1 aliphatic heterocycles. The van der Waals surface area contributed by atoms with Crippen LogP contribution in [0.2, 0.25) is 0 Å². The van der Waals surface area contributed by atoms with Crippen molar-refractivity contribution in [3.05, 3.63) is 0 Å². The summed E-state index contributed by atoms with van der Waals surface area (Å²) in [6.45, 7) is 7.74. The highest BCUT2D eigenvalue weighted by Crippen LogP contribution is 2.25. The van der Waals surface area contributed by atoms with Crippen LogP contribution in [0.5, 0.6) is 0 Å². The van der Waals surface area contributed by atoms with Crippen molar-refractivity contribution >= 4 is 11.9 Å². The van der Waals surface area contributed by atoms with E-state index in [9.17, 15) is 9.59 Å². The van der Waals surface area contributed by atoms with Gasteiger partial charge in [-0.15, -0.1) is 0 Å². The molecule has 2 fully saturated rings. The molecule has 1 saturated carbocycles. The van der Waals surface area contributed by atoms with Gasteiger partial charge in [0.25, 0.3) is 0 Å². The number of hydrogen-bond donors (Lipinski definition) is 1. The SMILES string of the molecule is CCC(=O)N1CCN(C(=O)NCCO[C@H]2CCCC[C@@H]2C)CC1. The second kappa shape index (κ2) is 9.11. The third-order valence-electron chi connectivity index (χ3n) is 4.97. The number of hydrogen-bond acceptors (Lipinski definition) is 3. The summed E-state index contributed by atoms with van der Waals surface area (Å²) in [5.41, 5.74) is 0. The summed E-state index contributed by atoms with van der Waals surface area (Å²) in [7, 11) is 0. The van der Waals surface area contributed by atoms with Crippen molar-refractivity contribution in [2.24, 2.45) is 5.92 Å². The van der Waals surface area contributed by atoms with E-state index in [0.29, 0.717) is 57.8 Å². The topological polar surface area (TPSA) is 61.9 Å². The lowest BCUT2D eigenvalue weighted by Crippen LogP contribution is -2.53. The summed E-state index contributed by atoms with van der Waals surface area (Å²) in [6, 6.07) is -0.0473. The molecule has 2 rings (SSSR count). The third kappa shape index (κ3) is 5.37. The molecular formula is C17H31N3O3. The number of nitrogens with one attached hydrogen (secondary N) is 1. The minimum atomic E-state index is -0.0473. The highest BCUT2D eigenvalue weighted by atomic mass is 16.5. The Labute approximate surface area is 139 Å². The summed E-state index contributed by atoms with van der Waals surface area (Å²) in [6.07, 6.45) is 5.83. The average Bonchev–Trinajstić information content (AvgIpc) is 2.59. The molecule has 2 aliphatic rings. The minimum absolute atomic E-state index is 0.0473. The molecule has 0 bridgehead atoms. The standard InChI is InChI=1S/C17H31N3O3/c1-3-16(21)19-9-11-20(12-10-19)17(22)18-8-13-23-15-7-5-4-6-14(15)2/h14-15H,3-13H2,1-2H3,(H,18,22)/t14-,15-/m0/s1. The van der Waals surface area contributed by atoms with Crippen molar-refractivity contribution in [1.82, 2.24) is 15.1 Å². The predicted molar refractivity (Wildman–Crippen MR) is 89.2 cm³/mol. The molecule has 1 heterocycles. The van der Waals surface area contributed by atoms with Crippen LogP contribution >= 0.6 is 0 Å². The predicted octanol–water partition coefficient (Wildman–Crippen LogP) is 1.85. The van der Waals surface area contributed by atoms with E-state index in [4.69, 9.17) is 4.74 Å². The zero-order chi connectivity index (χ0) is 16.7. The smallest absolute Gasteiger partial charge is 0.317 e. The number of amides is 3. The Hall–Kier alpha value is -1.30.